The van der Waals surface area contributed by atoms with E-state index in [9.17, 15) is 9.59 Å². The number of fused-ring (bicyclic) bond motifs is 1. The van der Waals surface area contributed by atoms with Gasteiger partial charge in [0.15, 0.2) is 4.80 Å². The van der Waals surface area contributed by atoms with Gasteiger partial charge in [-0.2, -0.15) is 0 Å². The number of carbonyl (C=O) groups is 1. The normalized spacial score (nSPS) is 15.4. The summed E-state index contributed by atoms with van der Waals surface area (Å²) >= 11 is 7.35. The summed E-state index contributed by atoms with van der Waals surface area (Å²) in [5, 5.41) is 0.607. The molecule has 0 spiro atoms. The van der Waals surface area contributed by atoms with Crippen molar-refractivity contribution < 1.29 is 18.7 Å². The number of furan rings is 1. The maximum atomic E-state index is 13.7. The van der Waals surface area contributed by atoms with E-state index in [1.165, 1.54) is 11.3 Å². The Morgan fingerprint density at radius 3 is 2.68 bits per heavy atom. The van der Waals surface area contributed by atoms with Gasteiger partial charge in [-0.25, -0.2) is 9.79 Å². The molecule has 2 aromatic heterocycles. The van der Waals surface area contributed by atoms with Gasteiger partial charge in [0.25, 0.3) is 5.56 Å². The van der Waals surface area contributed by atoms with E-state index in [0.29, 0.717) is 42.9 Å². The van der Waals surface area contributed by atoms with Crippen LogP contribution in [0.1, 0.15) is 31.2 Å². The predicted molar refractivity (Wildman–Crippen MR) is 143 cm³/mol. The average Bonchev–Trinajstić information content (AvgIpc) is 3.48. The SMILES string of the molecule is CCOC(=O)C1=C(C)N=c2sc(=Cc3ccc(-c4cccc(Cl)c4)o3)c(=O)n2[C@H]1c1ccc(OC)cc1. The first-order valence-corrected chi connectivity index (χ1v) is 12.8. The molecular formula is C28H23ClN2O5S. The smallest absolute Gasteiger partial charge is 0.338 e. The minimum absolute atomic E-state index is 0.211. The van der Waals surface area contributed by atoms with Crippen molar-refractivity contribution in [2.24, 2.45) is 4.99 Å². The molecule has 1 aliphatic heterocycles. The number of aromatic nitrogens is 1. The van der Waals surface area contributed by atoms with Crippen LogP contribution in [0.3, 0.4) is 0 Å². The van der Waals surface area contributed by atoms with Gasteiger partial charge in [-0.15, -0.1) is 0 Å². The number of hydrogen-bond donors (Lipinski definition) is 0. The lowest BCUT2D eigenvalue weighted by Crippen LogP contribution is -2.39. The number of benzene rings is 2. The minimum Gasteiger partial charge on any atom is -0.497 e. The number of allylic oxidation sites excluding steroid dienone is 1. The van der Waals surface area contributed by atoms with Crippen molar-refractivity contribution in [3.63, 3.8) is 0 Å². The van der Waals surface area contributed by atoms with Crippen molar-refractivity contribution in [3.8, 4) is 17.1 Å². The van der Waals surface area contributed by atoms with Crippen LogP contribution in [-0.4, -0.2) is 24.3 Å². The number of halogens is 1. The second-order valence-corrected chi connectivity index (χ2v) is 9.73. The molecule has 0 amide bonds. The van der Waals surface area contributed by atoms with Crippen molar-refractivity contribution in [3.05, 3.63) is 108 Å². The van der Waals surface area contributed by atoms with E-state index in [4.69, 9.17) is 25.5 Å². The number of carbonyl (C=O) groups excluding carboxylic acids is 1. The molecule has 7 nitrogen and oxygen atoms in total. The van der Waals surface area contributed by atoms with Gasteiger partial charge in [0.1, 0.15) is 17.3 Å². The summed E-state index contributed by atoms with van der Waals surface area (Å²) in [7, 11) is 1.58. The van der Waals surface area contributed by atoms with E-state index in [2.05, 4.69) is 4.99 Å². The van der Waals surface area contributed by atoms with Crippen LogP contribution >= 0.6 is 22.9 Å². The number of methoxy groups -OCH3 is 1. The number of hydrogen-bond acceptors (Lipinski definition) is 7. The first kappa shape index (κ1) is 24.8. The second kappa shape index (κ2) is 10.2. The Labute approximate surface area is 221 Å². The fraction of sp³-hybridized carbons (Fsp3) is 0.179. The van der Waals surface area contributed by atoms with E-state index in [1.807, 2.05) is 36.4 Å². The van der Waals surface area contributed by atoms with Crippen LogP contribution in [0.2, 0.25) is 5.02 Å². The van der Waals surface area contributed by atoms with Crippen molar-refractivity contribution in [2.75, 3.05) is 13.7 Å². The number of thiazole rings is 1. The highest BCUT2D eigenvalue weighted by Gasteiger charge is 2.33. The van der Waals surface area contributed by atoms with Gasteiger partial charge in [0, 0.05) is 16.7 Å². The number of esters is 1. The summed E-state index contributed by atoms with van der Waals surface area (Å²) in [6, 6.07) is 17.5. The number of nitrogens with zero attached hydrogens (tertiary/aromatic N) is 2. The molecule has 188 valence electrons. The molecule has 9 heteroatoms. The third-order valence-electron chi connectivity index (χ3n) is 5.96. The van der Waals surface area contributed by atoms with E-state index in [0.717, 1.165) is 11.1 Å². The minimum atomic E-state index is -0.693. The maximum Gasteiger partial charge on any atom is 0.338 e. The van der Waals surface area contributed by atoms with E-state index < -0.39 is 12.0 Å². The average molecular weight is 535 g/mol. The molecule has 1 atom stereocenters. The van der Waals surface area contributed by atoms with Gasteiger partial charge >= 0.3 is 5.97 Å². The molecule has 4 aromatic rings. The molecule has 0 saturated heterocycles. The van der Waals surface area contributed by atoms with Gasteiger partial charge in [-0.05, 0) is 55.8 Å². The summed E-state index contributed by atoms with van der Waals surface area (Å²) in [6.07, 6.45) is 1.69. The van der Waals surface area contributed by atoms with Crippen LogP contribution in [0, 0.1) is 0 Å². The first-order valence-electron chi connectivity index (χ1n) is 11.6. The van der Waals surface area contributed by atoms with Crippen molar-refractivity contribution in [1.82, 2.24) is 4.57 Å². The monoisotopic (exact) mass is 534 g/mol. The Balaban J connectivity index is 1.63. The van der Waals surface area contributed by atoms with Gasteiger partial charge in [0.05, 0.1) is 35.6 Å². The van der Waals surface area contributed by atoms with E-state index in [-0.39, 0.29) is 12.2 Å². The molecule has 0 aliphatic carbocycles. The molecule has 0 N–H and O–H groups in total. The molecule has 5 rings (SSSR count). The zero-order valence-corrected chi connectivity index (χ0v) is 21.9. The molecule has 3 heterocycles. The summed E-state index contributed by atoms with van der Waals surface area (Å²) in [6.45, 7) is 3.71. The molecule has 0 unspecified atom stereocenters. The fourth-order valence-corrected chi connectivity index (χ4v) is 5.47. The van der Waals surface area contributed by atoms with Gasteiger partial charge in [0.2, 0.25) is 0 Å². The Hall–Kier alpha value is -3.88. The Kier molecular flexibility index (Phi) is 6.86. The van der Waals surface area contributed by atoms with Crippen LogP contribution in [0.15, 0.2) is 86.1 Å². The highest BCUT2D eigenvalue weighted by Crippen LogP contribution is 2.31. The molecule has 1 aliphatic rings. The lowest BCUT2D eigenvalue weighted by molar-refractivity contribution is -0.139. The Morgan fingerprint density at radius 1 is 1.19 bits per heavy atom. The highest BCUT2D eigenvalue weighted by atomic mass is 35.5. The molecule has 0 radical (unpaired) electrons. The van der Waals surface area contributed by atoms with Crippen molar-refractivity contribution in [2.45, 2.75) is 19.9 Å². The van der Waals surface area contributed by atoms with Crippen LogP contribution in [-0.2, 0) is 9.53 Å². The van der Waals surface area contributed by atoms with Gasteiger partial charge in [-0.1, -0.05) is 47.2 Å². The first-order chi connectivity index (χ1) is 17.9. The van der Waals surface area contributed by atoms with Crippen molar-refractivity contribution in [1.29, 1.82) is 0 Å². The zero-order valence-electron chi connectivity index (χ0n) is 20.4. The van der Waals surface area contributed by atoms with Crippen molar-refractivity contribution >= 4 is 35.0 Å². The van der Waals surface area contributed by atoms with Crippen LogP contribution in [0.4, 0.5) is 0 Å². The summed E-state index contributed by atoms with van der Waals surface area (Å²) in [4.78, 5) is 31.8. The Morgan fingerprint density at radius 2 is 1.97 bits per heavy atom. The maximum absolute atomic E-state index is 13.7. The Bertz CT molecular complexity index is 1700. The summed E-state index contributed by atoms with van der Waals surface area (Å²) in [5.74, 6) is 1.32. The van der Waals surface area contributed by atoms with Gasteiger partial charge < -0.3 is 13.9 Å². The molecule has 0 fully saturated rings. The third-order valence-corrected chi connectivity index (χ3v) is 7.18. The largest absolute Gasteiger partial charge is 0.497 e. The summed E-state index contributed by atoms with van der Waals surface area (Å²) < 4.78 is 18.6. The quantitative estimate of drug-likeness (QED) is 0.334. The van der Waals surface area contributed by atoms with Gasteiger partial charge in [-0.3, -0.25) is 9.36 Å². The fourth-order valence-electron chi connectivity index (χ4n) is 4.25. The number of rotatable bonds is 6. The van der Waals surface area contributed by atoms with E-state index >= 15 is 0 Å². The molecule has 0 bridgehead atoms. The van der Waals surface area contributed by atoms with Crippen LogP contribution in [0.25, 0.3) is 17.4 Å². The van der Waals surface area contributed by atoms with Crippen LogP contribution in [0.5, 0.6) is 5.75 Å². The highest BCUT2D eigenvalue weighted by molar-refractivity contribution is 7.07. The standard InChI is InChI=1S/C28H23ClN2O5S/c1-4-35-27(33)24-16(2)30-28-31(25(24)17-8-10-20(34-3)11-9-17)26(32)23(37-28)15-21-12-13-22(36-21)18-6-5-7-19(29)14-18/h5-15,25H,4H2,1-3H3/t25-/m0/s1. The molecule has 37 heavy (non-hydrogen) atoms. The lowest BCUT2D eigenvalue weighted by atomic mass is 9.96. The van der Waals surface area contributed by atoms with Crippen LogP contribution < -0.4 is 19.6 Å². The number of ether oxygens (including phenoxy) is 2. The predicted octanol–water partition coefficient (Wildman–Crippen LogP) is 4.72. The lowest BCUT2D eigenvalue weighted by Gasteiger charge is -2.24. The second-order valence-electron chi connectivity index (χ2n) is 8.29. The third kappa shape index (κ3) is 4.77. The summed E-state index contributed by atoms with van der Waals surface area (Å²) in [5.41, 5.74) is 2.13. The molecule has 2 aromatic carbocycles. The zero-order chi connectivity index (χ0) is 26.1. The molecular weight excluding hydrogens is 512 g/mol. The molecule has 0 saturated carbocycles. The topological polar surface area (TPSA) is 83.0 Å². The van der Waals surface area contributed by atoms with E-state index in [1.54, 1.807) is 55.9 Å².